The molecule has 1 heterocycles. The van der Waals surface area contributed by atoms with Crippen LogP contribution in [0, 0.1) is 5.41 Å². The van der Waals surface area contributed by atoms with Crippen LogP contribution in [-0.2, 0) is 0 Å². The molecule has 1 saturated carbocycles. The number of nitrogens with two attached hydrogens (primary N) is 1. The molecule has 0 amide bonds. The van der Waals surface area contributed by atoms with Crippen LogP contribution in [-0.4, -0.2) is 31.6 Å². The van der Waals surface area contributed by atoms with E-state index in [1.807, 2.05) is 18.2 Å². The Labute approximate surface area is 128 Å². The molecule has 3 nitrogen and oxygen atoms in total. The van der Waals surface area contributed by atoms with Gasteiger partial charge in [-0.05, 0) is 50.3 Å². The topological polar surface area (TPSA) is 38.5 Å². The van der Waals surface area contributed by atoms with Gasteiger partial charge in [-0.3, -0.25) is 0 Å². The summed E-state index contributed by atoms with van der Waals surface area (Å²) in [6.07, 6.45) is 8.54. The number of ether oxygens (including phenoxy) is 1. The fourth-order valence-electron chi connectivity index (χ4n) is 4.18. The first kappa shape index (κ1) is 14.9. The summed E-state index contributed by atoms with van der Waals surface area (Å²) in [6, 6.07) is 8.17. The van der Waals surface area contributed by atoms with E-state index in [1.165, 1.54) is 51.6 Å². The number of piperidine rings is 1. The van der Waals surface area contributed by atoms with Crippen molar-refractivity contribution in [2.75, 3.05) is 26.7 Å². The predicted octanol–water partition coefficient (Wildman–Crippen LogP) is 3.35. The van der Waals surface area contributed by atoms with Crippen molar-refractivity contribution in [3.8, 4) is 5.75 Å². The first-order valence-electron chi connectivity index (χ1n) is 8.33. The highest BCUT2D eigenvalue weighted by atomic mass is 16.5. The molecule has 0 radical (unpaired) electrons. The van der Waals surface area contributed by atoms with E-state index >= 15 is 0 Å². The molecule has 3 rings (SSSR count). The zero-order chi connectivity index (χ0) is 14.7. The second-order valence-corrected chi connectivity index (χ2v) is 6.86. The van der Waals surface area contributed by atoms with Gasteiger partial charge < -0.3 is 15.4 Å². The van der Waals surface area contributed by atoms with Crippen molar-refractivity contribution in [3.05, 3.63) is 29.8 Å². The minimum Gasteiger partial charge on any atom is -0.496 e. The minimum atomic E-state index is 0.0405. The van der Waals surface area contributed by atoms with E-state index in [-0.39, 0.29) is 6.04 Å². The van der Waals surface area contributed by atoms with Crippen molar-refractivity contribution < 1.29 is 4.74 Å². The van der Waals surface area contributed by atoms with Crippen LogP contribution in [0.5, 0.6) is 5.75 Å². The molecular weight excluding hydrogens is 260 g/mol. The maximum absolute atomic E-state index is 6.43. The molecule has 1 saturated heterocycles. The maximum atomic E-state index is 6.43. The number of hydrogen-bond acceptors (Lipinski definition) is 3. The third-order valence-electron chi connectivity index (χ3n) is 5.57. The summed E-state index contributed by atoms with van der Waals surface area (Å²) in [4.78, 5) is 2.54. The van der Waals surface area contributed by atoms with Crippen molar-refractivity contribution >= 4 is 0 Å². The van der Waals surface area contributed by atoms with Gasteiger partial charge in [-0.25, -0.2) is 0 Å². The standard InChI is InChI=1S/C18H28N2O/c1-21-17-7-3-2-6-15(17)16(19)14-20-12-10-18(11-13-20)8-4-5-9-18/h2-3,6-7,16H,4-5,8-14,19H2,1H3. The second-order valence-electron chi connectivity index (χ2n) is 6.86. The summed E-state index contributed by atoms with van der Waals surface area (Å²) in [5.74, 6) is 0.911. The lowest BCUT2D eigenvalue weighted by atomic mass is 9.77. The van der Waals surface area contributed by atoms with Gasteiger partial charge >= 0.3 is 0 Å². The number of para-hydroxylation sites is 1. The second kappa shape index (κ2) is 6.37. The van der Waals surface area contributed by atoms with E-state index in [9.17, 15) is 0 Å². The van der Waals surface area contributed by atoms with E-state index < -0.39 is 0 Å². The van der Waals surface area contributed by atoms with Gasteiger partial charge in [0.2, 0.25) is 0 Å². The van der Waals surface area contributed by atoms with Gasteiger partial charge in [0, 0.05) is 18.2 Å². The van der Waals surface area contributed by atoms with Crippen LogP contribution in [0.2, 0.25) is 0 Å². The van der Waals surface area contributed by atoms with E-state index in [4.69, 9.17) is 10.5 Å². The Morgan fingerprint density at radius 3 is 2.48 bits per heavy atom. The first-order valence-corrected chi connectivity index (χ1v) is 8.33. The third-order valence-corrected chi connectivity index (χ3v) is 5.57. The van der Waals surface area contributed by atoms with Gasteiger partial charge in [0.05, 0.1) is 7.11 Å². The molecule has 1 atom stereocenters. The van der Waals surface area contributed by atoms with Gasteiger partial charge in [-0.1, -0.05) is 31.0 Å². The molecule has 1 aliphatic carbocycles. The summed E-state index contributed by atoms with van der Waals surface area (Å²) in [6.45, 7) is 3.36. The number of methoxy groups -OCH3 is 1. The Morgan fingerprint density at radius 1 is 1.14 bits per heavy atom. The molecule has 2 fully saturated rings. The van der Waals surface area contributed by atoms with Crippen molar-refractivity contribution in [1.82, 2.24) is 4.90 Å². The quantitative estimate of drug-likeness (QED) is 0.923. The normalized spacial score (nSPS) is 23.3. The summed E-state index contributed by atoms with van der Waals surface area (Å²) in [5.41, 5.74) is 8.24. The molecular formula is C18H28N2O. The fourth-order valence-corrected chi connectivity index (χ4v) is 4.18. The van der Waals surface area contributed by atoms with Gasteiger partial charge in [-0.15, -0.1) is 0 Å². The van der Waals surface area contributed by atoms with Crippen LogP contribution in [0.3, 0.4) is 0 Å². The number of nitrogens with zero attached hydrogens (tertiary/aromatic N) is 1. The first-order chi connectivity index (χ1) is 10.2. The highest BCUT2D eigenvalue weighted by Crippen LogP contribution is 2.46. The summed E-state index contributed by atoms with van der Waals surface area (Å²) < 4.78 is 5.43. The summed E-state index contributed by atoms with van der Waals surface area (Å²) in [7, 11) is 1.72. The molecule has 116 valence electrons. The van der Waals surface area contributed by atoms with Gasteiger partial charge in [0.25, 0.3) is 0 Å². The van der Waals surface area contributed by atoms with Crippen LogP contribution >= 0.6 is 0 Å². The van der Waals surface area contributed by atoms with Crippen LogP contribution < -0.4 is 10.5 Å². The number of benzene rings is 1. The maximum Gasteiger partial charge on any atom is 0.123 e. The monoisotopic (exact) mass is 288 g/mol. The molecule has 21 heavy (non-hydrogen) atoms. The van der Waals surface area contributed by atoms with E-state index in [0.29, 0.717) is 5.41 Å². The zero-order valence-electron chi connectivity index (χ0n) is 13.2. The minimum absolute atomic E-state index is 0.0405. The Bertz CT molecular complexity index is 458. The molecule has 1 aromatic carbocycles. The average Bonchev–Trinajstić information content (AvgIpc) is 2.98. The third kappa shape index (κ3) is 3.24. The molecule has 1 spiro atoms. The van der Waals surface area contributed by atoms with Crippen LogP contribution in [0.1, 0.15) is 50.1 Å². The number of hydrogen-bond donors (Lipinski definition) is 1. The van der Waals surface area contributed by atoms with Gasteiger partial charge in [0.1, 0.15) is 5.75 Å². The lowest BCUT2D eigenvalue weighted by Crippen LogP contribution is -2.42. The van der Waals surface area contributed by atoms with Gasteiger partial charge in [0.15, 0.2) is 0 Å². The fraction of sp³-hybridized carbons (Fsp3) is 0.667. The smallest absolute Gasteiger partial charge is 0.123 e. The predicted molar refractivity (Wildman–Crippen MR) is 86.5 cm³/mol. The Hall–Kier alpha value is -1.06. The van der Waals surface area contributed by atoms with Crippen molar-refractivity contribution in [2.24, 2.45) is 11.1 Å². The Kier molecular flexibility index (Phi) is 4.51. The Morgan fingerprint density at radius 2 is 1.81 bits per heavy atom. The average molecular weight is 288 g/mol. The molecule has 1 aliphatic heterocycles. The lowest BCUT2D eigenvalue weighted by molar-refractivity contribution is 0.104. The lowest BCUT2D eigenvalue weighted by Gasteiger charge is -2.40. The number of likely N-dealkylation sites (tertiary alicyclic amines) is 1. The number of rotatable bonds is 4. The van der Waals surface area contributed by atoms with Crippen molar-refractivity contribution in [1.29, 1.82) is 0 Å². The molecule has 3 heteroatoms. The SMILES string of the molecule is COc1ccccc1C(N)CN1CCC2(CCCC2)CC1. The molecule has 1 aromatic rings. The Balaban J connectivity index is 1.57. The molecule has 0 aromatic heterocycles. The zero-order valence-corrected chi connectivity index (χ0v) is 13.2. The summed E-state index contributed by atoms with van der Waals surface area (Å²) in [5, 5.41) is 0. The van der Waals surface area contributed by atoms with E-state index in [2.05, 4.69) is 11.0 Å². The molecule has 1 unspecified atom stereocenters. The summed E-state index contributed by atoms with van der Waals surface area (Å²) >= 11 is 0. The van der Waals surface area contributed by atoms with Crippen molar-refractivity contribution in [3.63, 3.8) is 0 Å². The highest BCUT2D eigenvalue weighted by molar-refractivity contribution is 5.35. The molecule has 2 aliphatic rings. The van der Waals surface area contributed by atoms with E-state index in [0.717, 1.165) is 17.9 Å². The molecule has 0 bridgehead atoms. The van der Waals surface area contributed by atoms with E-state index in [1.54, 1.807) is 7.11 Å². The van der Waals surface area contributed by atoms with Crippen LogP contribution in [0.4, 0.5) is 0 Å². The molecule has 2 N–H and O–H groups in total. The largest absolute Gasteiger partial charge is 0.496 e. The van der Waals surface area contributed by atoms with Crippen molar-refractivity contribution in [2.45, 2.75) is 44.6 Å². The van der Waals surface area contributed by atoms with Crippen LogP contribution in [0.25, 0.3) is 0 Å². The van der Waals surface area contributed by atoms with Gasteiger partial charge in [-0.2, -0.15) is 0 Å². The van der Waals surface area contributed by atoms with Crippen LogP contribution in [0.15, 0.2) is 24.3 Å². The highest BCUT2D eigenvalue weighted by Gasteiger charge is 2.37.